The first kappa shape index (κ1) is 18.2. The van der Waals surface area contributed by atoms with Gasteiger partial charge in [-0.2, -0.15) is 0 Å². The average Bonchev–Trinajstić information content (AvgIpc) is 2.78. The molecule has 1 heterocycles. The Morgan fingerprint density at radius 2 is 1.68 bits per heavy atom. The molecule has 1 aliphatic rings. The molecule has 0 N–H and O–H groups in total. The van der Waals surface area contributed by atoms with E-state index in [1.807, 2.05) is 60.7 Å². The topological polar surface area (TPSA) is 55.8 Å². The van der Waals surface area contributed by atoms with Gasteiger partial charge in [-0.3, -0.25) is 9.59 Å². The number of hydrogen-bond acceptors (Lipinski definition) is 4. The standard InChI is InChI=1S/C23H21NO4/c25-16-20-19-9-5-4-6-17(19)10-11-21(20)28-22(18-7-2-1-3-8-18)23(26)24-12-14-27-15-13-24/h1-11,16,22H,12-15H2/t22-/m0/s1. The Hall–Kier alpha value is -3.18. The minimum atomic E-state index is -0.820. The Morgan fingerprint density at radius 1 is 0.964 bits per heavy atom. The number of nitrogens with zero attached hydrogens (tertiary/aromatic N) is 1. The van der Waals surface area contributed by atoms with Gasteiger partial charge in [0.25, 0.3) is 5.91 Å². The normalized spacial score (nSPS) is 15.2. The van der Waals surface area contributed by atoms with Crippen molar-refractivity contribution < 1.29 is 19.1 Å². The number of rotatable bonds is 5. The lowest BCUT2D eigenvalue weighted by Crippen LogP contribution is -2.44. The fraction of sp³-hybridized carbons (Fsp3) is 0.217. The van der Waals surface area contributed by atoms with Crippen LogP contribution in [0.1, 0.15) is 22.0 Å². The third kappa shape index (κ3) is 3.62. The van der Waals surface area contributed by atoms with E-state index in [1.165, 1.54) is 0 Å². The van der Waals surface area contributed by atoms with E-state index < -0.39 is 6.10 Å². The summed E-state index contributed by atoms with van der Waals surface area (Å²) in [5, 5.41) is 1.76. The number of hydrogen-bond donors (Lipinski definition) is 0. The minimum Gasteiger partial charge on any atom is -0.475 e. The van der Waals surface area contributed by atoms with Crippen LogP contribution in [0.15, 0.2) is 66.7 Å². The molecule has 0 aliphatic carbocycles. The molecule has 142 valence electrons. The fourth-order valence-corrected chi connectivity index (χ4v) is 3.47. The van der Waals surface area contributed by atoms with Gasteiger partial charge in [-0.25, -0.2) is 0 Å². The molecule has 5 nitrogen and oxygen atoms in total. The van der Waals surface area contributed by atoms with E-state index in [1.54, 1.807) is 11.0 Å². The zero-order valence-electron chi connectivity index (χ0n) is 15.4. The molecule has 3 aromatic rings. The molecule has 0 unspecified atom stereocenters. The van der Waals surface area contributed by atoms with Crippen LogP contribution in [-0.4, -0.2) is 43.4 Å². The van der Waals surface area contributed by atoms with Gasteiger partial charge in [0.2, 0.25) is 6.10 Å². The Bertz CT molecular complexity index is 980. The summed E-state index contributed by atoms with van der Waals surface area (Å²) in [7, 11) is 0. The fourth-order valence-electron chi connectivity index (χ4n) is 3.47. The zero-order chi connectivity index (χ0) is 19.3. The van der Waals surface area contributed by atoms with Gasteiger partial charge < -0.3 is 14.4 Å². The minimum absolute atomic E-state index is 0.125. The van der Waals surface area contributed by atoms with Gasteiger partial charge in [0, 0.05) is 18.7 Å². The second kappa shape index (κ2) is 8.23. The molecule has 0 radical (unpaired) electrons. The summed E-state index contributed by atoms with van der Waals surface area (Å²) in [4.78, 5) is 26.8. The number of aldehydes is 1. The maximum Gasteiger partial charge on any atom is 0.268 e. The summed E-state index contributed by atoms with van der Waals surface area (Å²) >= 11 is 0. The summed E-state index contributed by atoms with van der Waals surface area (Å²) in [5.41, 5.74) is 1.21. The first-order valence-corrected chi connectivity index (χ1v) is 9.33. The number of fused-ring (bicyclic) bond motifs is 1. The van der Waals surface area contributed by atoms with Gasteiger partial charge in [-0.15, -0.1) is 0 Å². The summed E-state index contributed by atoms with van der Waals surface area (Å²) in [5.74, 6) is 0.281. The van der Waals surface area contributed by atoms with Crippen molar-refractivity contribution in [1.82, 2.24) is 4.90 Å². The van der Waals surface area contributed by atoms with Crippen molar-refractivity contribution in [3.05, 3.63) is 77.9 Å². The molecule has 0 spiro atoms. The van der Waals surface area contributed by atoms with Crippen molar-refractivity contribution in [3.8, 4) is 5.75 Å². The highest BCUT2D eigenvalue weighted by Crippen LogP contribution is 2.31. The second-order valence-corrected chi connectivity index (χ2v) is 6.66. The molecular formula is C23H21NO4. The Morgan fingerprint density at radius 3 is 2.43 bits per heavy atom. The number of ether oxygens (including phenoxy) is 2. The Balaban J connectivity index is 1.72. The van der Waals surface area contributed by atoms with Crippen molar-refractivity contribution in [2.24, 2.45) is 0 Å². The molecule has 5 heteroatoms. The lowest BCUT2D eigenvalue weighted by atomic mass is 10.0. The molecular weight excluding hydrogens is 354 g/mol. The summed E-state index contributed by atoms with van der Waals surface area (Å²) in [6, 6.07) is 20.7. The number of amides is 1. The molecule has 1 fully saturated rings. The van der Waals surface area contributed by atoms with Crippen molar-refractivity contribution in [3.63, 3.8) is 0 Å². The molecule has 4 rings (SSSR count). The van der Waals surface area contributed by atoms with E-state index in [2.05, 4.69) is 0 Å². The molecule has 1 aliphatic heterocycles. The van der Waals surface area contributed by atoms with E-state index in [0.717, 1.165) is 22.6 Å². The lowest BCUT2D eigenvalue weighted by Gasteiger charge is -2.31. The first-order chi connectivity index (χ1) is 13.8. The lowest BCUT2D eigenvalue weighted by molar-refractivity contribution is -0.143. The maximum atomic E-state index is 13.2. The monoisotopic (exact) mass is 375 g/mol. The van der Waals surface area contributed by atoms with E-state index in [-0.39, 0.29) is 5.91 Å². The van der Waals surface area contributed by atoms with Crippen molar-refractivity contribution in [2.75, 3.05) is 26.3 Å². The summed E-state index contributed by atoms with van der Waals surface area (Å²) in [6.07, 6.45) is -0.0296. The van der Waals surface area contributed by atoms with Gasteiger partial charge in [-0.05, 0) is 16.8 Å². The Kier molecular flexibility index (Phi) is 5.35. The van der Waals surface area contributed by atoms with Gasteiger partial charge in [0.15, 0.2) is 6.29 Å². The first-order valence-electron chi connectivity index (χ1n) is 9.33. The van der Waals surface area contributed by atoms with Crippen LogP contribution in [0, 0.1) is 0 Å². The maximum absolute atomic E-state index is 13.2. The number of benzene rings is 3. The van der Waals surface area contributed by atoms with Gasteiger partial charge in [0.1, 0.15) is 5.75 Å². The van der Waals surface area contributed by atoms with Crippen LogP contribution < -0.4 is 4.74 Å². The zero-order valence-corrected chi connectivity index (χ0v) is 15.4. The highest BCUT2D eigenvalue weighted by atomic mass is 16.5. The van der Waals surface area contributed by atoms with Crippen LogP contribution in [0.2, 0.25) is 0 Å². The molecule has 3 aromatic carbocycles. The van der Waals surface area contributed by atoms with Crippen molar-refractivity contribution >= 4 is 23.0 Å². The number of carbonyl (C=O) groups excluding carboxylic acids is 2. The molecule has 0 aromatic heterocycles. The van der Waals surface area contributed by atoms with Crippen LogP contribution in [-0.2, 0) is 9.53 Å². The van der Waals surface area contributed by atoms with Crippen LogP contribution in [0.4, 0.5) is 0 Å². The number of morpholine rings is 1. The van der Waals surface area contributed by atoms with Crippen LogP contribution in [0.25, 0.3) is 10.8 Å². The number of carbonyl (C=O) groups is 2. The van der Waals surface area contributed by atoms with Gasteiger partial charge >= 0.3 is 0 Å². The van der Waals surface area contributed by atoms with Crippen LogP contribution in [0.5, 0.6) is 5.75 Å². The third-order valence-electron chi connectivity index (χ3n) is 4.94. The van der Waals surface area contributed by atoms with Crippen LogP contribution in [0.3, 0.4) is 0 Å². The molecule has 0 bridgehead atoms. The summed E-state index contributed by atoms with van der Waals surface area (Å²) in [6.45, 7) is 2.10. The Labute approximate surface area is 163 Å². The molecule has 28 heavy (non-hydrogen) atoms. The van der Waals surface area contributed by atoms with Crippen LogP contribution >= 0.6 is 0 Å². The van der Waals surface area contributed by atoms with Crippen molar-refractivity contribution in [2.45, 2.75) is 6.10 Å². The highest BCUT2D eigenvalue weighted by Gasteiger charge is 2.29. The molecule has 0 saturated carbocycles. The SMILES string of the molecule is O=Cc1c(O[C@H](C(=O)N2CCOCC2)c2ccccc2)ccc2ccccc12. The van der Waals surface area contributed by atoms with E-state index in [0.29, 0.717) is 37.6 Å². The van der Waals surface area contributed by atoms with E-state index in [9.17, 15) is 9.59 Å². The van der Waals surface area contributed by atoms with E-state index >= 15 is 0 Å². The summed E-state index contributed by atoms with van der Waals surface area (Å²) < 4.78 is 11.5. The smallest absolute Gasteiger partial charge is 0.268 e. The largest absolute Gasteiger partial charge is 0.475 e. The molecule has 1 saturated heterocycles. The predicted molar refractivity (Wildman–Crippen MR) is 107 cm³/mol. The molecule has 1 atom stereocenters. The molecule has 1 amide bonds. The van der Waals surface area contributed by atoms with E-state index in [4.69, 9.17) is 9.47 Å². The quantitative estimate of drug-likeness (QED) is 0.639. The van der Waals surface area contributed by atoms with Crippen molar-refractivity contribution in [1.29, 1.82) is 0 Å². The highest BCUT2D eigenvalue weighted by molar-refractivity contribution is 6.01. The average molecular weight is 375 g/mol. The predicted octanol–water partition coefficient (Wildman–Crippen LogP) is 3.63. The second-order valence-electron chi connectivity index (χ2n) is 6.66. The van der Waals surface area contributed by atoms with Gasteiger partial charge in [-0.1, -0.05) is 60.7 Å². The third-order valence-corrected chi connectivity index (χ3v) is 4.94. The van der Waals surface area contributed by atoms with Gasteiger partial charge in [0.05, 0.1) is 18.8 Å².